The van der Waals surface area contributed by atoms with Crippen LogP contribution in [0.4, 0.5) is 4.39 Å². The van der Waals surface area contributed by atoms with Gasteiger partial charge < -0.3 is 9.47 Å². The Morgan fingerprint density at radius 3 is 2.71 bits per heavy atom. The molecule has 2 aromatic carbocycles. The molecule has 0 aromatic heterocycles. The summed E-state index contributed by atoms with van der Waals surface area (Å²) >= 11 is 0. The Hall–Kier alpha value is -2.40. The van der Waals surface area contributed by atoms with Crippen molar-refractivity contribution in [2.45, 2.75) is 45.4 Å². The average Bonchev–Trinajstić information content (AvgIpc) is 3.00. The number of halogens is 1. The van der Waals surface area contributed by atoms with Crippen LogP contribution >= 0.6 is 0 Å². The van der Waals surface area contributed by atoms with Gasteiger partial charge in [-0.2, -0.15) is 0 Å². The first-order chi connectivity index (χ1) is 13.4. The van der Waals surface area contributed by atoms with Crippen LogP contribution in [0.2, 0.25) is 0 Å². The van der Waals surface area contributed by atoms with Gasteiger partial charge in [0.2, 0.25) is 0 Å². The molecule has 1 saturated heterocycles. The number of benzene rings is 2. The lowest BCUT2D eigenvalue weighted by atomic mass is 9.76. The summed E-state index contributed by atoms with van der Waals surface area (Å²) in [4.78, 5) is 14.4. The van der Waals surface area contributed by atoms with Crippen LogP contribution in [0.5, 0.6) is 5.75 Å². The highest BCUT2D eigenvalue weighted by Gasteiger charge is 2.49. The Kier molecular flexibility index (Phi) is 4.88. The van der Waals surface area contributed by atoms with Crippen LogP contribution in [0.1, 0.15) is 40.3 Å². The first-order valence-corrected chi connectivity index (χ1v) is 9.74. The molecular formula is C23H26FNO3. The molecular weight excluding hydrogens is 357 g/mol. The van der Waals surface area contributed by atoms with Gasteiger partial charge in [0, 0.05) is 17.0 Å². The number of aryl methyl sites for hydroxylation is 1. The molecule has 2 aliphatic rings. The van der Waals surface area contributed by atoms with Gasteiger partial charge in [-0.15, -0.1) is 0 Å². The van der Waals surface area contributed by atoms with Crippen molar-refractivity contribution >= 4 is 5.97 Å². The van der Waals surface area contributed by atoms with E-state index in [1.807, 2.05) is 32.0 Å². The summed E-state index contributed by atoms with van der Waals surface area (Å²) in [6.07, 6.45) is 1.62. The third kappa shape index (κ3) is 3.08. The molecule has 0 amide bonds. The molecule has 0 saturated carbocycles. The van der Waals surface area contributed by atoms with E-state index in [1.54, 1.807) is 18.2 Å². The number of nitrogens with zero attached hydrogens (tertiary/aromatic N) is 1. The summed E-state index contributed by atoms with van der Waals surface area (Å²) in [5.74, 6) is 0.454. The molecule has 1 unspecified atom stereocenters. The third-order valence-electron chi connectivity index (χ3n) is 6.11. The maximum absolute atomic E-state index is 13.9. The van der Waals surface area contributed by atoms with Crippen molar-refractivity contribution in [1.29, 1.82) is 0 Å². The van der Waals surface area contributed by atoms with Gasteiger partial charge in [0.25, 0.3) is 0 Å². The molecule has 4 rings (SSSR count). The van der Waals surface area contributed by atoms with Gasteiger partial charge >= 0.3 is 5.97 Å². The van der Waals surface area contributed by atoms with Crippen molar-refractivity contribution in [1.82, 2.24) is 4.90 Å². The fraction of sp³-hybridized carbons (Fsp3) is 0.435. The van der Waals surface area contributed by atoms with Gasteiger partial charge in [0.05, 0.1) is 0 Å². The van der Waals surface area contributed by atoms with E-state index in [2.05, 4.69) is 6.92 Å². The van der Waals surface area contributed by atoms with E-state index in [9.17, 15) is 9.18 Å². The second-order valence-corrected chi connectivity index (χ2v) is 8.06. The molecule has 0 N–H and O–H groups in total. The minimum Gasteiger partial charge on any atom is -0.489 e. The Bertz CT molecular complexity index is 924. The molecule has 1 fully saturated rings. The number of esters is 1. The van der Waals surface area contributed by atoms with Crippen molar-refractivity contribution in [3.63, 3.8) is 0 Å². The quantitative estimate of drug-likeness (QED) is 0.745. The average molecular weight is 383 g/mol. The topological polar surface area (TPSA) is 38.8 Å². The molecule has 1 aliphatic carbocycles. The fourth-order valence-corrected chi connectivity index (χ4v) is 4.71. The molecule has 0 bridgehead atoms. The number of rotatable bonds is 4. The zero-order valence-electron chi connectivity index (χ0n) is 16.8. The monoisotopic (exact) mass is 383 g/mol. The minimum absolute atomic E-state index is 0.148. The van der Waals surface area contributed by atoms with Crippen LogP contribution in [0.25, 0.3) is 0 Å². The largest absolute Gasteiger partial charge is 0.489 e. The fourth-order valence-electron chi connectivity index (χ4n) is 4.71. The van der Waals surface area contributed by atoms with Crippen molar-refractivity contribution in [3.8, 4) is 5.75 Å². The summed E-state index contributed by atoms with van der Waals surface area (Å²) in [7, 11) is 3.85. The van der Waals surface area contributed by atoms with Crippen molar-refractivity contribution in [3.05, 3.63) is 64.0 Å². The molecule has 148 valence electrons. The first kappa shape index (κ1) is 18.9. The van der Waals surface area contributed by atoms with E-state index in [1.165, 1.54) is 11.6 Å². The minimum atomic E-state index is -0.270. The number of ether oxygens (including phenoxy) is 2. The Morgan fingerprint density at radius 2 is 2.00 bits per heavy atom. The van der Waals surface area contributed by atoms with E-state index < -0.39 is 0 Å². The Morgan fingerprint density at radius 1 is 1.25 bits per heavy atom. The molecule has 1 heterocycles. The Balaban J connectivity index is 1.68. The maximum atomic E-state index is 13.9. The molecule has 5 heteroatoms. The predicted molar refractivity (Wildman–Crippen MR) is 105 cm³/mol. The van der Waals surface area contributed by atoms with Gasteiger partial charge in [-0.25, -0.2) is 4.39 Å². The molecule has 28 heavy (non-hydrogen) atoms. The third-order valence-corrected chi connectivity index (χ3v) is 6.11. The summed E-state index contributed by atoms with van der Waals surface area (Å²) in [6, 6.07) is 8.45. The van der Waals surface area contributed by atoms with Gasteiger partial charge in [-0.05, 0) is 69.6 Å². The maximum Gasteiger partial charge on any atom is 0.324 e. The van der Waals surface area contributed by atoms with Crippen LogP contribution in [0.15, 0.2) is 30.3 Å². The summed E-state index contributed by atoms with van der Waals surface area (Å²) in [6.45, 7) is 4.24. The number of fused-ring (bicyclic) bond motifs is 3. The lowest BCUT2D eigenvalue weighted by molar-refractivity contribution is -0.144. The molecule has 4 nitrogen and oxygen atoms in total. The normalized spacial score (nSPS) is 23.4. The van der Waals surface area contributed by atoms with E-state index in [0.29, 0.717) is 5.56 Å². The number of likely N-dealkylation sites (N-methyl/N-ethyl adjacent to an activating group) is 1. The predicted octanol–water partition coefficient (Wildman–Crippen LogP) is 4.11. The van der Waals surface area contributed by atoms with Crippen LogP contribution in [0, 0.1) is 25.6 Å². The molecule has 2 aromatic rings. The standard InChI is InChI=1S/C23H26FNO3/c1-13-11-19(27-12-15-7-5-6-8-18(15)24)14(2)20-16(13)9-10-17-21(25(3)4)23(26)28-22(17)20/h5-8,11,17,21-22H,9-10,12H2,1-4H3/t17-,21?,22+/m0/s1. The van der Waals surface area contributed by atoms with Gasteiger partial charge in [0.15, 0.2) is 0 Å². The van der Waals surface area contributed by atoms with Crippen LogP contribution in [0.3, 0.4) is 0 Å². The van der Waals surface area contributed by atoms with E-state index in [0.717, 1.165) is 35.3 Å². The molecule has 0 radical (unpaired) electrons. The highest BCUT2D eigenvalue weighted by atomic mass is 19.1. The smallest absolute Gasteiger partial charge is 0.324 e. The lowest BCUT2D eigenvalue weighted by Gasteiger charge is -2.33. The van der Waals surface area contributed by atoms with E-state index in [-0.39, 0.29) is 36.5 Å². The van der Waals surface area contributed by atoms with Gasteiger partial charge in [-0.1, -0.05) is 18.2 Å². The van der Waals surface area contributed by atoms with Crippen LogP contribution < -0.4 is 4.74 Å². The number of carbonyl (C=O) groups is 1. The molecule has 3 atom stereocenters. The van der Waals surface area contributed by atoms with Gasteiger partial charge in [-0.3, -0.25) is 9.69 Å². The molecule has 1 aliphatic heterocycles. The molecule has 0 spiro atoms. The zero-order valence-corrected chi connectivity index (χ0v) is 16.8. The van der Waals surface area contributed by atoms with E-state index in [4.69, 9.17) is 9.47 Å². The zero-order chi connectivity index (χ0) is 20.0. The summed E-state index contributed by atoms with van der Waals surface area (Å²) in [5, 5.41) is 0. The van der Waals surface area contributed by atoms with Gasteiger partial charge in [0.1, 0.15) is 30.3 Å². The number of hydrogen-bond donors (Lipinski definition) is 0. The summed E-state index contributed by atoms with van der Waals surface area (Å²) < 4.78 is 25.8. The van der Waals surface area contributed by atoms with Crippen molar-refractivity contribution in [2.75, 3.05) is 14.1 Å². The van der Waals surface area contributed by atoms with Crippen molar-refractivity contribution in [2.24, 2.45) is 5.92 Å². The summed E-state index contributed by atoms with van der Waals surface area (Å²) in [5.41, 5.74) is 4.97. The Labute approximate surface area is 165 Å². The number of carbonyl (C=O) groups excluding carboxylic acids is 1. The first-order valence-electron chi connectivity index (χ1n) is 9.74. The highest BCUT2D eigenvalue weighted by Crippen LogP contribution is 2.48. The SMILES string of the molecule is Cc1cc(OCc2ccccc2F)c(C)c2c1CC[C@H]1C(N(C)C)C(=O)O[C@@H]21. The number of hydrogen-bond acceptors (Lipinski definition) is 4. The second kappa shape index (κ2) is 7.21. The lowest BCUT2D eigenvalue weighted by Crippen LogP contribution is -2.39. The highest BCUT2D eigenvalue weighted by molar-refractivity contribution is 5.79. The van der Waals surface area contributed by atoms with E-state index >= 15 is 0 Å². The van der Waals surface area contributed by atoms with Crippen molar-refractivity contribution < 1.29 is 18.7 Å². The van der Waals surface area contributed by atoms with Crippen LogP contribution in [-0.2, 0) is 22.6 Å². The van der Waals surface area contributed by atoms with Crippen LogP contribution in [-0.4, -0.2) is 31.0 Å². The second-order valence-electron chi connectivity index (χ2n) is 8.06.